The van der Waals surface area contributed by atoms with E-state index in [1.54, 1.807) is 18.6 Å². The van der Waals surface area contributed by atoms with Crippen LogP contribution in [0.2, 0.25) is 0 Å². The number of piperidine rings is 1. The number of nitrogens with one attached hydrogen (secondary N) is 1. The van der Waals surface area contributed by atoms with Crippen LogP contribution in [0.1, 0.15) is 43.1 Å². The van der Waals surface area contributed by atoms with Crippen molar-refractivity contribution in [1.82, 2.24) is 30.0 Å². The Bertz CT molecular complexity index is 880. The fourth-order valence-electron chi connectivity index (χ4n) is 3.51. The summed E-state index contributed by atoms with van der Waals surface area (Å²) in [5, 5.41) is 7.28. The molecule has 0 aliphatic carbocycles. The Hall–Kier alpha value is -3.09. The number of carbonyl (C=O) groups is 1. The summed E-state index contributed by atoms with van der Waals surface area (Å²) < 4.78 is 0. The van der Waals surface area contributed by atoms with Gasteiger partial charge in [-0.3, -0.25) is 14.9 Å². The van der Waals surface area contributed by atoms with Gasteiger partial charge < -0.3 is 4.90 Å². The Labute approximate surface area is 157 Å². The van der Waals surface area contributed by atoms with E-state index in [2.05, 4.69) is 37.3 Å². The first-order chi connectivity index (χ1) is 13.3. The van der Waals surface area contributed by atoms with Crippen LogP contribution < -0.4 is 0 Å². The highest BCUT2D eigenvalue weighted by Crippen LogP contribution is 2.30. The number of aromatic nitrogens is 5. The highest BCUT2D eigenvalue weighted by Gasteiger charge is 2.30. The van der Waals surface area contributed by atoms with Crippen LogP contribution in [0, 0.1) is 0 Å². The quantitative estimate of drug-likeness (QED) is 0.754. The van der Waals surface area contributed by atoms with E-state index >= 15 is 0 Å². The molecular weight excluding hydrogens is 340 g/mol. The number of hydrogen-bond acceptors (Lipinski definition) is 5. The SMILES string of the molecule is O=C(CCc1ccccc1)N1CCCCC1c1nc(-c2cnccn2)n[nH]1. The van der Waals surface area contributed by atoms with Gasteiger partial charge in [-0.15, -0.1) is 0 Å². The van der Waals surface area contributed by atoms with Crippen LogP contribution in [0.25, 0.3) is 11.5 Å². The molecule has 1 saturated heterocycles. The summed E-state index contributed by atoms with van der Waals surface area (Å²) in [6.45, 7) is 0.763. The Balaban J connectivity index is 1.47. The minimum atomic E-state index is -0.0556. The lowest BCUT2D eigenvalue weighted by Gasteiger charge is -2.34. The smallest absolute Gasteiger partial charge is 0.223 e. The molecule has 3 aromatic rings. The van der Waals surface area contributed by atoms with Crippen molar-refractivity contribution in [2.24, 2.45) is 0 Å². The largest absolute Gasteiger partial charge is 0.332 e. The highest BCUT2D eigenvalue weighted by molar-refractivity contribution is 5.77. The van der Waals surface area contributed by atoms with Crippen LogP contribution in [0.4, 0.5) is 0 Å². The monoisotopic (exact) mass is 362 g/mol. The maximum atomic E-state index is 12.9. The van der Waals surface area contributed by atoms with Crippen molar-refractivity contribution in [3.8, 4) is 11.5 Å². The van der Waals surface area contributed by atoms with Gasteiger partial charge in [0.25, 0.3) is 0 Å². The van der Waals surface area contributed by atoms with Crippen LogP contribution in [-0.2, 0) is 11.2 Å². The molecule has 1 aliphatic rings. The van der Waals surface area contributed by atoms with Crippen molar-refractivity contribution in [2.75, 3.05) is 6.54 Å². The van der Waals surface area contributed by atoms with Crippen molar-refractivity contribution in [3.05, 3.63) is 60.3 Å². The van der Waals surface area contributed by atoms with E-state index < -0.39 is 0 Å². The first-order valence-electron chi connectivity index (χ1n) is 9.33. The Kier molecular flexibility index (Phi) is 5.18. The number of benzene rings is 1. The minimum absolute atomic E-state index is 0.0556. The molecular formula is C20H22N6O. The molecule has 1 N–H and O–H groups in total. The third kappa shape index (κ3) is 4.02. The summed E-state index contributed by atoms with van der Waals surface area (Å²) in [5.74, 6) is 1.41. The van der Waals surface area contributed by atoms with Crippen molar-refractivity contribution >= 4 is 5.91 Å². The lowest BCUT2D eigenvalue weighted by atomic mass is 10.00. The van der Waals surface area contributed by atoms with Gasteiger partial charge in [-0.1, -0.05) is 30.3 Å². The molecule has 1 fully saturated rings. The number of H-pyrrole nitrogens is 1. The van der Waals surface area contributed by atoms with Crippen molar-refractivity contribution in [3.63, 3.8) is 0 Å². The number of carbonyl (C=O) groups excluding carboxylic acids is 1. The van der Waals surface area contributed by atoms with E-state index in [-0.39, 0.29) is 11.9 Å². The molecule has 0 bridgehead atoms. The first kappa shape index (κ1) is 17.3. The topological polar surface area (TPSA) is 87.7 Å². The number of amides is 1. The third-order valence-electron chi connectivity index (χ3n) is 4.90. The van der Waals surface area contributed by atoms with Gasteiger partial charge in [-0.25, -0.2) is 9.97 Å². The van der Waals surface area contributed by atoms with Gasteiger partial charge in [0.2, 0.25) is 11.7 Å². The molecule has 138 valence electrons. The molecule has 2 aromatic heterocycles. The van der Waals surface area contributed by atoms with Gasteiger partial charge in [-0.2, -0.15) is 5.10 Å². The highest BCUT2D eigenvalue weighted by atomic mass is 16.2. The molecule has 1 aliphatic heterocycles. The zero-order valence-corrected chi connectivity index (χ0v) is 15.1. The van der Waals surface area contributed by atoms with Gasteiger partial charge in [0.15, 0.2) is 0 Å². The fourth-order valence-corrected chi connectivity index (χ4v) is 3.51. The van der Waals surface area contributed by atoms with E-state index in [4.69, 9.17) is 0 Å². The summed E-state index contributed by atoms with van der Waals surface area (Å²) in [6.07, 6.45) is 9.13. The maximum absolute atomic E-state index is 12.9. The predicted molar refractivity (Wildman–Crippen MR) is 100 cm³/mol. The normalized spacial score (nSPS) is 17.0. The fraction of sp³-hybridized carbons (Fsp3) is 0.350. The predicted octanol–water partition coefficient (Wildman–Crippen LogP) is 2.95. The number of nitrogens with zero attached hydrogens (tertiary/aromatic N) is 5. The Morgan fingerprint density at radius 2 is 2.07 bits per heavy atom. The molecule has 1 unspecified atom stereocenters. The van der Waals surface area contributed by atoms with Crippen LogP contribution in [0.3, 0.4) is 0 Å². The average Bonchev–Trinajstić information content (AvgIpc) is 3.23. The zero-order chi connectivity index (χ0) is 18.5. The number of aryl methyl sites for hydroxylation is 1. The zero-order valence-electron chi connectivity index (χ0n) is 15.1. The molecule has 4 rings (SSSR count). The number of aromatic amines is 1. The molecule has 0 radical (unpaired) electrons. The second-order valence-corrected chi connectivity index (χ2v) is 6.72. The molecule has 7 nitrogen and oxygen atoms in total. The van der Waals surface area contributed by atoms with Crippen LogP contribution in [0.15, 0.2) is 48.9 Å². The van der Waals surface area contributed by atoms with Crippen molar-refractivity contribution in [2.45, 2.75) is 38.1 Å². The van der Waals surface area contributed by atoms with Gasteiger partial charge in [0, 0.05) is 25.4 Å². The third-order valence-corrected chi connectivity index (χ3v) is 4.90. The van der Waals surface area contributed by atoms with E-state index in [0.29, 0.717) is 17.9 Å². The van der Waals surface area contributed by atoms with Crippen LogP contribution in [-0.4, -0.2) is 42.5 Å². The molecule has 1 aromatic carbocycles. The maximum Gasteiger partial charge on any atom is 0.223 e. The summed E-state index contributed by atoms with van der Waals surface area (Å²) in [6, 6.07) is 10.1. The Morgan fingerprint density at radius 1 is 1.19 bits per heavy atom. The molecule has 3 heterocycles. The lowest BCUT2D eigenvalue weighted by Crippen LogP contribution is -2.39. The van der Waals surface area contributed by atoms with Crippen molar-refractivity contribution < 1.29 is 4.79 Å². The van der Waals surface area contributed by atoms with Crippen molar-refractivity contribution in [1.29, 1.82) is 0 Å². The van der Waals surface area contributed by atoms with E-state index in [1.165, 1.54) is 5.56 Å². The minimum Gasteiger partial charge on any atom is -0.332 e. The number of rotatable bonds is 5. The van der Waals surface area contributed by atoms with E-state index in [1.807, 2.05) is 23.1 Å². The molecule has 0 saturated carbocycles. The van der Waals surface area contributed by atoms with Gasteiger partial charge in [0.1, 0.15) is 11.5 Å². The van der Waals surface area contributed by atoms with Crippen LogP contribution >= 0.6 is 0 Å². The summed E-state index contributed by atoms with van der Waals surface area (Å²) in [5.41, 5.74) is 1.81. The Morgan fingerprint density at radius 3 is 2.89 bits per heavy atom. The number of hydrogen-bond donors (Lipinski definition) is 1. The van der Waals surface area contributed by atoms with E-state index in [0.717, 1.165) is 38.1 Å². The molecule has 0 spiro atoms. The number of likely N-dealkylation sites (tertiary alicyclic amines) is 1. The average molecular weight is 362 g/mol. The second kappa shape index (κ2) is 8.07. The summed E-state index contributed by atoms with van der Waals surface area (Å²) in [4.78, 5) is 27.7. The standard InChI is InChI=1S/C20H22N6O/c27-18(10-9-15-6-2-1-3-7-15)26-13-5-4-8-17(26)20-23-19(24-25-20)16-14-21-11-12-22-16/h1-3,6-7,11-12,14,17H,4-5,8-10,13H2,(H,23,24,25). The molecule has 1 atom stereocenters. The van der Waals surface area contributed by atoms with Gasteiger partial charge >= 0.3 is 0 Å². The lowest BCUT2D eigenvalue weighted by molar-refractivity contribution is -0.135. The first-order valence-corrected chi connectivity index (χ1v) is 9.33. The second-order valence-electron chi connectivity index (χ2n) is 6.72. The van der Waals surface area contributed by atoms with Crippen LogP contribution in [0.5, 0.6) is 0 Å². The summed E-state index contributed by atoms with van der Waals surface area (Å²) in [7, 11) is 0. The molecule has 27 heavy (non-hydrogen) atoms. The summed E-state index contributed by atoms with van der Waals surface area (Å²) >= 11 is 0. The van der Waals surface area contributed by atoms with Gasteiger partial charge in [0.05, 0.1) is 12.2 Å². The van der Waals surface area contributed by atoms with E-state index in [9.17, 15) is 4.79 Å². The van der Waals surface area contributed by atoms with Gasteiger partial charge in [-0.05, 0) is 31.2 Å². The molecule has 7 heteroatoms. The molecule has 1 amide bonds.